The molecule has 0 heterocycles. The summed E-state index contributed by atoms with van der Waals surface area (Å²) in [5, 5.41) is 17.5. The smallest absolute Gasteiger partial charge is 0.475 e. The Labute approximate surface area is 78.9 Å². The molecule has 0 aromatic carbocycles. The summed E-state index contributed by atoms with van der Waals surface area (Å²) in [6, 6.07) is 0. The molecule has 0 spiro atoms. The predicted molar refractivity (Wildman–Crippen MR) is 52.9 cm³/mol. The van der Waals surface area contributed by atoms with E-state index in [1.807, 2.05) is 19.6 Å². The van der Waals surface area contributed by atoms with Crippen LogP contribution in [-0.4, -0.2) is 20.3 Å². The second-order valence-corrected chi connectivity index (χ2v) is 8.21. The van der Waals surface area contributed by atoms with E-state index in [-0.39, 0.29) is 5.70 Å². The Morgan fingerprint density at radius 2 is 2.00 bits per heavy atom. The van der Waals surface area contributed by atoms with E-state index in [1.165, 1.54) is 7.11 Å². The van der Waals surface area contributed by atoms with Gasteiger partial charge in [0.15, 0.2) is 4.98 Å². The van der Waals surface area contributed by atoms with Gasteiger partial charge >= 0.3 is 11.6 Å². The molecule has 0 amide bonds. The van der Waals surface area contributed by atoms with Gasteiger partial charge in [-0.15, -0.1) is 5.54 Å². The molecule has 0 aromatic heterocycles. The van der Waals surface area contributed by atoms with Crippen molar-refractivity contribution in [3.05, 3.63) is 16.6 Å². The molecule has 70 valence electrons. The Bertz CT molecular complexity index is 312. The highest BCUT2D eigenvalue weighted by molar-refractivity contribution is 6.83. The zero-order valence-corrected chi connectivity index (χ0v) is 9.25. The van der Waals surface area contributed by atoms with Crippen LogP contribution in [-0.2, 0) is 4.74 Å². The minimum Gasteiger partial charge on any atom is -0.475 e. The third kappa shape index (κ3) is 4.89. The maximum Gasteiger partial charge on any atom is 0.513 e. The Kier molecular flexibility index (Phi) is 4.02. The molecule has 0 atom stereocenters. The average molecular weight is 197 g/mol. The number of ether oxygens (including phenoxy) is 1. The van der Waals surface area contributed by atoms with Gasteiger partial charge in [0.2, 0.25) is 5.39 Å². The fourth-order valence-corrected chi connectivity index (χ4v) is 0.958. The topological polar surface area (TPSA) is 57.6 Å². The van der Waals surface area contributed by atoms with Crippen LogP contribution in [0.1, 0.15) is 0 Å². The Morgan fingerprint density at radius 1 is 1.46 bits per heavy atom. The number of methoxy groups -OCH3 is 1. The van der Waals surface area contributed by atoms with Gasteiger partial charge in [-0.3, -0.25) is 0 Å². The van der Waals surface area contributed by atoms with Crippen molar-refractivity contribution >= 4 is 8.07 Å². The molecular formula is C8H13N2O2Si+. The average Bonchev–Trinajstić information content (AvgIpc) is 2.03. The van der Waals surface area contributed by atoms with E-state index in [1.54, 1.807) is 0 Å². The first kappa shape index (κ1) is 11.5. The molecular weight excluding hydrogens is 184 g/mol. The summed E-state index contributed by atoms with van der Waals surface area (Å²) in [4.78, 5) is 2.82. The van der Waals surface area contributed by atoms with E-state index >= 15 is 0 Å². The van der Waals surface area contributed by atoms with Crippen molar-refractivity contribution in [3.63, 3.8) is 0 Å². The summed E-state index contributed by atoms with van der Waals surface area (Å²) < 4.78 is 4.46. The third-order valence-corrected chi connectivity index (χ3v) is 1.93. The van der Waals surface area contributed by atoms with E-state index < -0.39 is 14.0 Å². The molecule has 0 aliphatic carbocycles. The Morgan fingerprint density at radius 3 is 2.31 bits per heavy atom. The predicted octanol–water partition coefficient (Wildman–Crippen LogP) is 2.09. The quantitative estimate of drug-likeness (QED) is 0.303. The summed E-state index contributed by atoms with van der Waals surface area (Å²) in [7, 11) is -0.253. The summed E-state index contributed by atoms with van der Waals surface area (Å²) >= 11 is 0. The maximum atomic E-state index is 9.03. The molecule has 0 fully saturated rings. The first-order chi connectivity index (χ1) is 5.90. The molecule has 0 radical (unpaired) electrons. The van der Waals surface area contributed by atoms with Crippen molar-refractivity contribution in [1.82, 2.24) is 0 Å². The van der Waals surface area contributed by atoms with E-state index in [4.69, 9.17) is 10.5 Å². The number of diazo groups is 1. The zero-order valence-electron chi connectivity index (χ0n) is 8.25. The van der Waals surface area contributed by atoms with Crippen molar-refractivity contribution in [2.75, 3.05) is 7.11 Å². The number of rotatable bonds is 1. The van der Waals surface area contributed by atoms with Gasteiger partial charge in [-0.05, 0) is 0 Å². The number of allylic oxidation sites excluding steroid dienone is 1. The van der Waals surface area contributed by atoms with E-state index in [9.17, 15) is 0 Å². The van der Waals surface area contributed by atoms with Crippen LogP contribution in [0.3, 0.4) is 0 Å². The van der Waals surface area contributed by atoms with Gasteiger partial charge < -0.3 is 9.84 Å². The summed E-state index contributed by atoms with van der Waals surface area (Å²) in [5.41, 5.74) is 2.79. The van der Waals surface area contributed by atoms with Gasteiger partial charge in [-0.25, -0.2) is 0 Å². The lowest BCUT2D eigenvalue weighted by Gasteiger charge is -2.01. The van der Waals surface area contributed by atoms with Crippen LogP contribution < -0.4 is 0 Å². The Hall–Kier alpha value is -1.46. The minimum absolute atomic E-state index is 0.134. The molecule has 0 saturated carbocycles. The summed E-state index contributed by atoms with van der Waals surface area (Å²) in [6.45, 7) is 6.12. The molecule has 5 heteroatoms. The number of hydrogen-bond donors (Lipinski definition) is 1. The fraction of sp³-hybridized carbons (Fsp3) is 0.500. The van der Waals surface area contributed by atoms with E-state index in [2.05, 4.69) is 21.2 Å². The SMILES string of the molecule is CO/C(O)=C(/C#C[Si](C)(C)C)[N+]#N. The lowest BCUT2D eigenvalue weighted by atomic mass is 10.5. The van der Waals surface area contributed by atoms with Crippen molar-refractivity contribution in [2.45, 2.75) is 19.6 Å². The first-order valence-electron chi connectivity index (χ1n) is 3.76. The van der Waals surface area contributed by atoms with Crippen LogP contribution in [0.5, 0.6) is 0 Å². The molecule has 0 aliphatic heterocycles. The standard InChI is InChI=1S/C8H12N2O2Si/c1-12-8(11)7(10-9)5-6-13(2,3)4/h1-4H3/p+1/b8-7-. The number of hydrogen-bond acceptors (Lipinski definition) is 3. The van der Waals surface area contributed by atoms with Crippen molar-refractivity contribution in [3.8, 4) is 11.5 Å². The molecule has 0 saturated heterocycles. The molecule has 0 rings (SSSR count). The molecule has 0 bridgehead atoms. The van der Waals surface area contributed by atoms with Gasteiger partial charge in [-0.1, -0.05) is 19.6 Å². The molecule has 13 heavy (non-hydrogen) atoms. The highest BCUT2D eigenvalue weighted by Gasteiger charge is 2.18. The monoisotopic (exact) mass is 197 g/mol. The van der Waals surface area contributed by atoms with Gasteiger partial charge in [0.25, 0.3) is 0 Å². The molecule has 4 nitrogen and oxygen atoms in total. The van der Waals surface area contributed by atoms with Crippen LogP contribution >= 0.6 is 0 Å². The van der Waals surface area contributed by atoms with Crippen LogP contribution in [0.25, 0.3) is 4.98 Å². The molecule has 1 N–H and O–H groups in total. The Balaban J connectivity index is 4.86. The lowest BCUT2D eigenvalue weighted by molar-refractivity contribution is 0.134. The van der Waals surface area contributed by atoms with Crippen LogP contribution in [0, 0.1) is 16.9 Å². The summed E-state index contributed by atoms with van der Waals surface area (Å²) in [5.74, 6) is 2.10. The van der Waals surface area contributed by atoms with Crippen LogP contribution in [0.2, 0.25) is 19.6 Å². The highest BCUT2D eigenvalue weighted by Crippen LogP contribution is 2.04. The van der Waals surface area contributed by atoms with Gasteiger partial charge in [0.1, 0.15) is 8.07 Å². The fourth-order valence-electron chi connectivity index (χ4n) is 0.465. The number of nitrogens with zero attached hydrogens (tertiary/aromatic N) is 2. The first-order valence-corrected chi connectivity index (χ1v) is 7.26. The normalized spacial score (nSPS) is 11.9. The minimum atomic E-state index is -1.53. The second-order valence-electron chi connectivity index (χ2n) is 3.46. The van der Waals surface area contributed by atoms with Gasteiger partial charge in [0.05, 0.1) is 7.11 Å². The van der Waals surface area contributed by atoms with Crippen molar-refractivity contribution in [1.29, 1.82) is 5.39 Å². The number of aliphatic hydroxyl groups is 1. The number of aliphatic hydroxyl groups excluding tert-OH is 1. The lowest BCUT2D eigenvalue weighted by Crippen LogP contribution is -2.16. The third-order valence-electron chi connectivity index (χ3n) is 1.05. The summed E-state index contributed by atoms with van der Waals surface area (Å²) in [6.07, 6.45) is 0. The van der Waals surface area contributed by atoms with Gasteiger partial charge in [0, 0.05) is 5.92 Å². The molecule has 0 aromatic rings. The van der Waals surface area contributed by atoms with E-state index in [0.29, 0.717) is 0 Å². The largest absolute Gasteiger partial charge is 0.513 e. The highest BCUT2D eigenvalue weighted by atomic mass is 28.3. The molecule has 0 unspecified atom stereocenters. The zero-order chi connectivity index (χ0) is 10.5. The van der Waals surface area contributed by atoms with E-state index in [0.717, 1.165) is 0 Å². The van der Waals surface area contributed by atoms with Crippen LogP contribution in [0.15, 0.2) is 11.6 Å². The van der Waals surface area contributed by atoms with Crippen LogP contribution in [0.4, 0.5) is 0 Å². The van der Waals surface area contributed by atoms with Crippen molar-refractivity contribution < 1.29 is 9.84 Å². The maximum absolute atomic E-state index is 9.03. The van der Waals surface area contributed by atoms with Crippen molar-refractivity contribution in [2.24, 2.45) is 0 Å². The molecule has 0 aliphatic rings. The van der Waals surface area contributed by atoms with Gasteiger partial charge in [-0.2, -0.15) is 0 Å². The second kappa shape index (κ2) is 4.54.